The number of hydrogen-bond donors (Lipinski definition) is 0. The van der Waals surface area contributed by atoms with Crippen LogP contribution in [-0.2, 0) is 5.92 Å². The van der Waals surface area contributed by atoms with Crippen molar-refractivity contribution in [3.63, 3.8) is 0 Å². The SMILES string of the molecule is CCCCCC1CCC(c2ccc(-c3ccc(C(F)(F)C(C)(F)F)cc3)cc2)CC1. The third-order valence-corrected chi connectivity index (χ3v) is 6.58. The van der Waals surface area contributed by atoms with Crippen molar-refractivity contribution in [3.05, 3.63) is 59.7 Å². The van der Waals surface area contributed by atoms with Crippen molar-refractivity contribution in [1.29, 1.82) is 0 Å². The van der Waals surface area contributed by atoms with Crippen LogP contribution < -0.4 is 0 Å². The lowest BCUT2D eigenvalue weighted by Crippen LogP contribution is -2.34. The maximum absolute atomic E-state index is 13.8. The first-order chi connectivity index (χ1) is 14.2. The normalized spacial score (nSPS) is 20.3. The topological polar surface area (TPSA) is 0 Å². The monoisotopic (exact) mass is 420 g/mol. The molecule has 0 aliphatic heterocycles. The van der Waals surface area contributed by atoms with E-state index >= 15 is 0 Å². The van der Waals surface area contributed by atoms with Gasteiger partial charge in [-0.25, -0.2) is 0 Å². The zero-order chi connectivity index (χ0) is 21.8. The Balaban J connectivity index is 1.61. The highest BCUT2D eigenvalue weighted by molar-refractivity contribution is 5.64. The largest absolute Gasteiger partial charge is 0.335 e. The molecule has 0 unspecified atom stereocenters. The van der Waals surface area contributed by atoms with E-state index in [2.05, 4.69) is 19.1 Å². The Bertz CT molecular complexity index is 779. The standard InChI is InChI=1S/C26H32F4/c1-3-4-5-6-19-7-9-20(10-8-19)21-11-13-22(14-12-21)23-15-17-24(18-16-23)26(29,30)25(2,27)28/h11-20H,3-10H2,1-2H3. The molecule has 1 fully saturated rings. The molecule has 164 valence electrons. The van der Waals surface area contributed by atoms with Gasteiger partial charge in [-0.05, 0) is 54.2 Å². The molecule has 0 bridgehead atoms. The highest BCUT2D eigenvalue weighted by atomic mass is 19.3. The fourth-order valence-electron chi connectivity index (χ4n) is 4.54. The summed E-state index contributed by atoms with van der Waals surface area (Å²) >= 11 is 0. The summed E-state index contributed by atoms with van der Waals surface area (Å²) in [5, 5.41) is 0. The quantitative estimate of drug-likeness (QED) is 0.295. The van der Waals surface area contributed by atoms with Crippen molar-refractivity contribution in [3.8, 4) is 11.1 Å². The summed E-state index contributed by atoms with van der Waals surface area (Å²) < 4.78 is 54.0. The molecule has 4 heteroatoms. The van der Waals surface area contributed by atoms with Gasteiger partial charge in [-0.1, -0.05) is 81.1 Å². The molecule has 0 saturated heterocycles. The fraction of sp³-hybridized carbons (Fsp3) is 0.538. The van der Waals surface area contributed by atoms with E-state index in [0.29, 0.717) is 5.92 Å². The van der Waals surface area contributed by atoms with Crippen molar-refractivity contribution in [2.75, 3.05) is 0 Å². The lowest BCUT2D eigenvalue weighted by atomic mass is 9.77. The molecule has 0 aromatic heterocycles. The minimum Gasteiger partial charge on any atom is -0.200 e. The first kappa shape index (κ1) is 22.8. The van der Waals surface area contributed by atoms with Gasteiger partial charge in [0.2, 0.25) is 0 Å². The molecule has 1 aliphatic rings. The Morgan fingerprint density at radius 2 is 1.30 bits per heavy atom. The lowest BCUT2D eigenvalue weighted by Gasteiger charge is -2.29. The molecule has 30 heavy (non-hydrogen) atoms. The van der Waals surface area contributed by atoms with Gasteiger partial charge in [-0.3, -0.25) is 0 Å². The van der Waals surface area contributed by atoms with Gasteiger partial charge in [0, 0.05) is 12.5 Å². The van der Waals surface area contributed by atoms with Crippen LogP contribution in [0.5, 0.6) is 0 Å². The average molecular weight is 421 g/mol. The van der Waals surface area contributed by atoms with Gasteiger partial charge in [-0.15, -0.1) is 0 Å². The van der Waals surface area contributed by atoms with Crippen molar-refractivity contribution in [2.45, 2.75) is 83.0 Å². The molecule has 3 rings (SSSR count). The molecule has 0 nitrogen and oxygen atoms in total. The predicted octanol–water partition coefficient (Wildman–Crippen LogP) is 8.95. The van der Waals surface area contributed by atoms with Gasteiger partial charge in [0.1, 0.15) is 0 Å². The summed E-state index contributed by atoms with van der Waals surface area (Å²) in [5.41, 5.74) is 2.33. The summed E-state index contributed by atoms with van der Waals surface area (Å²) in [6.45, 7) is 2.49. The van der Waals surface area contributed by atoms with Crippen LogP contribution in [0, 0.1) is 5.92 Å². The van der Waals surface area contributed by atoms with Gasteiger partial charge in [0.15, 0.2) is 0 Å². The van der Waals surface area contributed by atoms with E-state index in [-0.39, 0.29) is 6.92 Å². The zero-order valence-electron chi connectivity index (χ0n) is 17.9. The van der Waals surface area contributed by atoms with Crippen LogP contribution in [0.15, 0.2) is 48.5 Å². The minimum absolute atomic E-state index is 0.248. The third-order valence-electron chi connectivity index (χ3n) is 6.58. The second-order valence-electron chi connectivity index (χ2n) is 8.88. The van der Waals surface area contributed by atoms with Crippen LogP contribution >= 0.6 is 0 Å². The van der Waals surface area contributed by atoms with Crippen molar-refractivity contribution >= 4 is 0 Å². The van der Waals surface area contributed by atoms with Crippen LogP contribution in [0.1, 0.15) is 82.3 Å². The summed E-state index contributed by atoms with van der Waals surface area (Å²) in [6, 6.07) is 13.4. The number of unbranched alkanes of at least 4 members (excludes halogenated alkanes) is 2. The van der Waals surface area contributed by atoms with Gasteiger partial charge in [0.25, 0.3) is 0 Å². The number of hydrogen-bond acceptors (Lipinski definition) is 0. The number of rotatable bonds is 8. The molecule has 0 heterocycles. The Labute approximate surface area is 177 Å². The fourth-order valence-corrected chi connectivity index (χ4v) is 4.54. The van der Waals surface area contributed by atoms with E-state index in [1.54, 1.807) is 0 Å². The molecule has 1 saturated carbocycles. The first-order valence-corrected chi connectivity index (χ1v) is 11.2. The van der Waals surface area contributed by atoms with Gasteiger partial charge >= 0.3 is 11.8 Å². The van der Waals surface area contributed by atoms with E-state index in [1.165, 1.54) is 69.1 Å². The molecule has 0 amide bonds. The van der Waals surface area contributed by atoms with E-state index in [4.69, 9.17) is 0 Å². The van der Waals surface area contributed by atoms with E-state index < -0.39 is 17.4 Å². The molecule has 0 radical (unpaired) electrons. The average Bonchev–Trinajstić information content (AvgIpc) is 2.74. The maximum atomic E-state index is 13.8. The second kappa shape index (κ2) is 9.53. The molecule has 1 aliphatic carbocycles. The number of halogens is 4. The molecule has 2 aromatic rings. The molecule has 2 aromatic carbocycles. The third kappa shape index (κ3) is 5.25. The van der Waals surface area contributed by atoms with E-state index in [0.717, 1.165) is 29.2 Å². The second-order valence-corrected chi connectivity index (χ2v) is 8.88. The maximum Gasteiger partial charge on any atom is 0.335 e. The number of benzene rings is 2. The summed E-state index contributed by atoms with van der Waals surface area (Å²) in [5.74, 6) is -6.80. The highest BCUT2D eigenvalue weighted by Gasteiger charge is 2.53. The Morgan fingerprint density at radius 3 is 1.80 bits per heavy atom. The number of alkyl halides is 4. The van der Waals surface area contributed by atoms with Crippen molar-refractivity contribution in [2.24, 2.45) is 5.92 Å². The van der Waals surface area contributed by atoms with Gasteiger partial charge in [0.05, 0.1) is 0 Å². The van der Waals surface area contributed by atoms with Crippen LogP contribution in [0.3, 0.4) is 0 Å². The van der Waals surface area contributed by atoms with Crippen molar-refractivity contribution < 1.29 is 17.6 Å². The molecule has 0 N–H and O–H groups in total. The lowest BCUT2D eigenvalue weighted by molar-refractivity contribution is -0.204. The Kier molecular flexibility index (Phi) is 7.26. The molecule has 0 atom stereocenters. The smallest absolute Gasteiger partial charge is 0.200 e. The highest BCUT2D eigenvalue weighted by Crippen LogP contribution is 2.43. The molecular weight excluding hydrogens is 388 g/mol. The molecular formula is C26H32F4. The van der Waals surface area contributed by atoms with Gasteiger partial charge in [-0.2, -0.15) is 17.6 Å². The van der Waals surface area contributed by atoms with Gasteiger partial charge < -0.3 is 0 Å². The summed E-state index contributed by atoms with van der Waals surface area (Å²) in [7, 11) is 0. The van der Waals surface area contributed by atoms with E-state index in [1.807, 2.05) is 12.1 Å². The Hall–Kier alpha value is -1.84. The molecule has 0 spiro atoms. The Morgan fingerprint density at radius 1 is 0.767 bits per heavy atom. The van der Waals surface area contributed by atoms with Crippen LogP contribution in [-0.4, -0.2) is 5.92 Å². The summed E-state index contributed by atoms with van der Waals surface area (Å²) in [4.78, 5) is 0. The predicted molar refractivity (Wildman–Crippen MR) is 115 cm³/mol. The van der Waals surface area contributed by atoms with Crippen LogP contribution in [0.4, 0.5) is 17.6 Å². The van der Waals surface area contributed by atoms with E-state index in [9.17, 15) is 17.6 Å². The summed E-state index contributed by atoms with van der Waals surface area (Å²) in [6.07, 6.45) is 10.4. The minimum atomic E-state index is -4.18. The van der Waals surface area contributed by atoms with Crippen LogP contribution in [0.25, 0.3) is 11.1 Å². The van der Waals surface area contributed by atoms with Crippen LogP contribution in [0.2, 0.25) is 0 Å². The zero-order valence-corrected chi connectivity index (χ0v) is 17.9. The van der Waals surface area contributed by atoms with Crippen molar-refractivity contribution in [1.82, 2.24) is 0 Å². The first-order valence-electron chi connectivity index (χ1n) is 11.2.